The van der Waals surface area contributed by atoms with Crippen molar-refractivity contribution in [3.8, 4) is 0 Å². The molecule has 2 N–H and O–H groups in total. The Balaban J connectivity index is 1.63. The molecule has 2 fully saturated rings. The summed E-state index contributed by atoms with van der Waals surface area (Å²) in [5.41, 5.74) is 0.957. The minimum atomic E-state index is -1.38. The van der Waals surface area contributed by atoms with Crippen LogP contribution in [0.4, 0.5) is 0 Å². The number of carbonyl (C=O) groups excluding carboxylic acids is 4. The van der Waals surface area contributed by atoms with Gasteiger partial charge < -0.3 is 48.5 Å². The van der Waals surface area contributed by atoms with Crippen molar-refractivity contribution < 1.29 is 57.4 Å². The first kappa shape index (κ1) is 34.1. The molecule has 248 valence electrons. The number of amidine groups is 1. The molecule has 0 bridgehead atoms. The minimum absolute atomic E-state index is 0.119. The molecular formula is C30H41N3O12. The predicted molar refractivity (Wildman–Crippen MR) is 154 cm³/mol. The van der Waals surface area contributed by atoms with Crippen LogP contribution in [0.15, 0.2) is 35.3 Å². The van der Waals surface area contributed by atoms with Crippen molar-refractivity contribution in [3.05, 3.63) is 35.9 Å². The summed E-state index contributed by atoms with van der Waals surface area (Å²) < 4.78 is 40.8. The maximum atomic E-state index is 12.4. The third-order valence-electron chi connectivity index (χ3n) is 7.54. The van der Waals surface area contributed by atoms with Gasteiger partial charge in [0.1, 0.15) is 37.0 Å². The van der Waals surface area contributed by atoms with Crippen LogP contribution in [0, 0.1) is 5.92 Å². The van der Waals surface area contributed by atoms with E-state index in [1.54, 1.807) is 19.0 Å². The second-order valence-electron chi connectivity index (χ2n) is 11.4. The number of ether oxygens (including phenoxy) is 7. The first-order chi connectivity index (χ1) is 21.3. The zero-order chi connectivity index (χ0) is 32.8. The summed E-state index contributed by atoms with van der Waals surface area (Å²) in [4.78, 5) is 54.6. The van der Waals surface area contributed by atoms with Crippen LogP contribution in [0.1, 0.15) is 33.3 Å². The number of aliphatic imine (C=N–C) groups is 1. The number of rotatable bonds is 11. The lowest BCUT2D eigenvalue weighted by atomic mass is 9.95. The Morgan fingerprint density at radius 1 is 0.933 bits per heavy atom. The number of nitrogens with one attached hydrogen (secondary N) is 1. The fourth-order valence-corrected chi connectivity index (χ4v) is 5.69. The van der Waals surface area contributed by atoms with E-state index in [4.69, 9.17) is 33.2 Å². The van der Waals surface area contributed by atoms with E-state index in [0.717, 1.165) is 19.4 Å². The average Bonchev–Trinajstić information content (AvgIpc) is 3.49. The number of carbonyl (C=O) groups is 4. The molecule has 1 aromatic rings. The molecule has 1 saturated carbocycles. The number of benzene rings is 1. The maximum absolute atomic E-state index is 12.4. The summed E-state index contributed by atoms with van der Waals surface area (Å²) in [6.45, 7) is 4.78. The molecule has 1 amide bonds. The predicted octanol–water partition coefficient (Wildman–Crippen LogP) is -0.0798. The van der Waals surface area contributed by atoms with E-state index in [9.17, 15) is 24.3 Å². The van der Waals surface area contributed by atoms with Gasteiger partial charge in [0.05, 0.1) is 25.2 Å². The van der Waals surface area contributed by atoms with Gasteiger partial charge in [-0.15, -0.1) is 0 Å². The Labute approximate surface area is 261 Å². The highest BCUT2D eigenvalue weighted by Crippen LogP contribution is 2.40. The Bertz CT molecular complexity index is 1240. The monoisotopic (exact) mass is 635 g/mol. The molecule has 0 aromatic heterocycles. The molecule has 15 nitrogen and oxygen atoms in total. The van der Waals surface area contributed by atoms with Crippen LogP contribution in [0.5, 0.6) is 0 Å². The molecule has 10 atom stereocenters. The van der Waals surface area contributed by atoms with Gasteiger partial charge in [-0.05, 0) is 5.56 Å². The fraction of sp³-hybridized carbons (Fsp3) is 0.633. The van der Waals surface area contributed by atoms with Crippen molar-refractivity contribution in [1.29, 1.82) is 0 Å². The van der Waals surface area contributed by atoms with E-state index in [0.29, 0.717) is 12.6 Å². The van der Waals surface area contributed by atoms with Crippen LogP contribution in [0.25, 0.3) is 0 Å². The molecule has 0 radical (unpaired) electrons. The van der Waals surface area contributed by atoms with Crippen molar-refractivity contribution in [1.82, 2.24) is 10.2 Å². The molecule has 0 unspecified atom stereocenters. The number of amides is 1. The molecule has 1 aromatic carbocycles. The number of esters is 3. The topological polar surface area (TPSA) is 181 Å². The number of hydrogen-bond acceptors (Lipinski definition) is 14. The highest BCUT2D eigenvalue weighted by molar-refractivity contribution is 5.76. The highest BCUT2D eigenvalue weighted by Gasteiger charge is 2.59. The van der Waals surface area contributed by atoms with Crippen LogP contribution < -0.4 is 5.32 Å². The van der Waals surface area contributed by atoms with Gasteiger partial charge in [-0.2, -0.15) is 0 Å². The second-order valence-corrected chi connectivity index (χ2v) is 11.4. The SMILES string of the molecule is CC(=O)N[C@H]1[C@H](O[C@H]2[C@H](O)[C@@H](COCc3ccccc3)[C@@H]3OC(N(C)C)=N[C@H]23)O[C@H](COC(C)=O)[C@@H](OC(C)=O)[C@@H]1OC(C)=O. The van der Waals surface area contributed by atoms with Crippen LogP contribution >= 0.6 is 0 Å². The lowest BCUT2D eigenvalue weighted by molar-refractivity contribution is -0.293. The average molecular weight is 636 g/mol. The normalized spacial score (nSPS) is 32.0. The number of aliphatic hydroxyl groups is 1. The molecule has 15 heteroatoms. The third kappa shape index (κ3) is 8.48. The second kappa shape index (κ2) is 15.0. The van der Waals surface area contributed by atoms with Gasteiger partial charge in [0.15, 0.2) is 18.5 Å². The molecule has 45 heavy (non-hydrogen) atoms. The number of aliphatic hydroxyl groups excluding tert-OH is 1. The van der Waals surface area contributed by atoms with E-state index < -0.39 is 84.7 Å². The summed E-state index contributed by atoms with van der Waals surface area (Å²) in [6.07, 6.45) is -7.95. The summed E-state index contributed by atoms with van der Waals surface area (Å²) in [6, 6.07) is 7.99. The van der Waals surface area contributed by atoms with E-state index >= 15 is 0 Å². The van der Waals surface area contributed by atoms with Gasteiger partial charge in [-0.1, -0.05) is 30.3 Å². The Hall–Kier alpha value is -3.79. The fourth-order valence-electron chi connectivity index (χ4n) is 5.69. The van der Waals surface area contributed by atoms with E-state index in [1.807, 2.05) is 30.3 Å². The molecule has 1 saturated heterocycles. The first-order valence-electron chi connectivity index (χ1n) is 14.6. The lowest BCUT2D eigenvalue weighted by Gasteiger charge is -2.45. The molecule has 4 rings (SSSR count). The number of hydrogen-bond donors (Lipinski definition) is 2. The van der Waals surface area contributed by atoms with Gasteiger partial charge in [0.2, 0.25) is 5.91 Å². The van der Waals surface area contributed by atoms with Gasteiger partial charge in [-0.3, -0.25) is 19.2 Å². The molecule has 2 aliphatic heterocycles. The van der Waals surface area contributed by atoms with E-state index in [1.165, 1.54) is 13.8 Å². The van der Waals surface area contributed by atoms with Gasteiger partial charge >= 0.3 is 17.9 Å². The third-order valence-corrected chi connectivity index (χ3v) is 7.54. The molecule has 1 aliphatic carbocycles. The van der Waals surface area contributed by atoms with E-state index in [2.05, 4.69) is 10.3 Å². The summed E-state index contributed by atoms with van der Waals surface area (Å²) in [5.74, 6) is -3.19. The van der Waals surface area contributed by atoms with Gasteiger partial charge in [0.25, 0.3) is 6.02 Å². The Morgan fingerprint density at radius 3 is 2.20 bits per heavy atom. The van der Waals surface area contributed by atoms with Crippen molar-refractivity contribution in [2.24, 2.45) is 10.9 Å². The van der Waals surface area contributed by atoms with Gasteiger partial charge in [0, 0.05) is 41.8 Å². The smallest absolute Gasteiger partial charge is 0.303 e. The largest absolute Gasteiger partial charge is 0.463 e. The van der Waals surface area contributed by atoms with Crippen molar-refractivity contribution in [3.63, 3.8) is 0 Å². The van der Waals surface area contributed by atoms with Crippen LogP contribution in [-0.2, 0) is 58.9 Å². The highest BCUT2D eigenvalue weighted by atomic mass is 16.7. The van der Waals surface area contributed by atoms with Crippen LogP contribution in [-0.4, -0.2) is 122 Å². The van der Waals surface area contributed by atoms with Crippen LogP contribution in [0.3, 0.4) is 0 Å². The number of fused-ring (bicyclic) bond motifs is 1. The van der Waals surface area contributed by atoms with E-state index in [-0.39, 0.29) is 13.2 Å². The molecule has 2 heterocycles. The zero-order valence-electron chi connectivity index (χ0n) is 26.1. The maximum Gasteiger partial charge on any atom is 0.303 e. The van der Waals surface area contributed by atoms with Gasteiger partial charge in [-0.25, -0.2) is 4.99 Å². The Morgan fingerprint density at radius 2 is 1.60 bits per heavy atom. The summed E-state index contributed by atoms with van der Waals surface area (Å²) in [5, 5.41) is 14.2. The quantitative estimate of drug-likeness (QED) is 0.244. The number of nitrogens with zero attached hydrogens (tertiary/aromatic N) is 2. The van der Waals surface area contributed by atoms with Crippen molar-refractivity contribution in [2.45, 2.75) is 89.3 Å². The summed E-state index contributed by atoms with van der Waals surface area (Å²) in [7, 11) is 3.53. The standard InChI is InChI=1S/C30H41N3O12/c1-15(34)31-23-28(42-18(4)37)26(41-17(3)36)21(14-40-16(2)35)43-29(23)44-27-22-25(45-30(32-22)33(5)6)20(24(27)38)13-39-12-19-10-8-7-9-11-19/h7-11,20-29,38H,12-14H2,1-6H3,(H,31,34)/t20-,21-,22+,23-,24-,25+,26-,27-,28-,29+/m1/s1. The molecular weight excluding hydrogens is 594 g/mol. The van der Waals surface area contributed by atoms with Crippen molar-refractivity contribution >= 4 is 29.8 Å². The van der Waals surface area contributed by atoms with Crippen LogP contribution in [0.2, 0.25) is 0 Å². The Kier molecular flexibility index (Phi) is 11.4. The zero-order valence-corrected chi connectivity index (χ0v) is 26.1. The lowest BCUT2D eigenvalue weighted by Crippen LogP contribution is -2.67. The minimum Gasteiger partial charge on any atom is -0.463 e. The summed E-state index contributed by atoms with van der Waals surface area (Å²) >= 11 is 0. The molecule has 3 aliphatic rings. The molecule has 0 spiro atoms. The first-order valence-corrected chi connectivity index (χ1v) is 14.6. The van der Waals surface area contributed by atoms with Crippen molar-refractivity contribution in [2.75, 3.05) is 27.3 Å².